The van der Waals surface area contributed by atoms with Crippen molar-refractivity contribution in [3.8, 4) is 17.2 Å². The van der Waals surface area contributed by atoms with Crippen LogP contribution in [0.4, 0.5) is 0 Å². The van der Waals surface area contributed by atoms with Crippen molar-refractivity contribution in [1.29, 1.82) is 5.26 Å². The summed E-state index contributed by atoms with van der Waals surface area (Å²) in [5, 5.41) is 18.7. The molecule has 1 aromatic heterocycles. The lowest BCUT2D eigenvalue weighted by Crippen LogP contribution is -2.29. The van der Waals surface area contributed by atoms with Crippen LogP contribution in [0.3, 0.4) is 0 Å². The molecule has 0 aliphatic rings. The van der Waals surface area contributed by atoms with Crippen molar-refractivity contribution in [1.82, 2.24) is 8.87 Å². The molecule has 0 saturated heterocycles. The second-order valence-electron chi connectivity index (χ2n) is 6.95. The third-order valence-corrected chi connectivity index (χ3v) is 6.88. The Hall–Kier alpha value is -3.12. The fourth-order valence-corrected chi connectivity index (χ4v) is 4.75. The highest BCUT2D eigenvalue weighted by Crippen LogP contribution is 2.31. The molecule has 0 radical (unpaired) electrons. The molecule has 3 aromatic rings. The first-order valence-electron chi connectivity index (χ1n) is 9.34. The highest BCUT2D eigenvalue weighted by Gasteiger charge is 2.23. The quantitative estimate of drug-likeness (QED) is 0.556. The van der Waals surface area contributed by atoms with Crippen molar-refractivity contribution >= 4 is 27.6 Å². The molecule has 0 aliphatic carbocycles. The number of nitrogens with zero attached hydrogens (tertiary/aromatic N) is 3. The van der Waals surface area contributed by atoms with Gasteiger partial charge in [-0.3, -0.25) is 4.79 Å². The molecule has 0 fully saturated rings. The molecule has 7 nitrogen and oxygen atoms in total. The number of sulfonamides is 1. The number of hydrogen-bond donors (Lipinski definition) is 1. The Balaban J connectivity index is 1.93. The maximum atomic E-state index is 13.1. The second kappa shape index (κ2) is 9.35. The molecule has 0 atom stereocenters. The summed E-state index contributed by atoms with van der Waals surface area (Å²) in [6.07, 6.45) is 2.03. The molecule has 0 amide bonds. The molecule has 0 saturated carbocycles. The zero-order valence-electron chi connectivity index (χ0n) is 16.7. The zero-order valence-corrected chi connectivity index (χ0v) is 18.3. The summed E-state index contributed by atoms with van der Waals surface area (Å²) in [7, 11) is -2.33. The number of carboxylic acid groups (broad SMARTS) is 1. The molecule has 1 heterocycles. The van der Waals surface area contributed by atoms with E-state index in [1.165, 1.54) is 34.2 Å². The summed E-state index contributed by atoms with van der Waals surface area (Å²) >= 11 is 6.20. The SMILES string of the molecule is CN(CCc1ccccc1)S(=O)(=O)c1cc(Cl)cc(-c2ccn(CC(=O)O)c2C#N)c1. The molecule has 3 rings (SSSR count). The molecule has 2 aromatic carbocycles. The van der Waals surface area contributed by atoms with Gasteiger partial charge in [0.05, 0.1) is 4.90 Å². The van der Waals surface area contributed by atoms with Crippen molar-refractivity contribution in [2.24, 2.45) is 0 Å². The Morgan fingerprint density at radius 3 is 2.55 bits per heavy atom. The number of aromatic nitrogens is 1. The minimum atomic E-state index is -3.83. The van der Waals surface area contributed by atoms with Crippen LogP contribution in [-0.2, 0) is 27.8 Å². The molecule has 0 bridgehead atoms. The number of rotatable bonds is 8. The fraction of sp³-hybridized carbons (Fsp3) is 0.182. The Morgan fingerprint density at radius 1 is 1.19 bits per heavy atom. The molecule has 31 heavy (non-hydrogen) atoms. The van der Waals surface area contributed by atoms with Crippen molar-refractivity contribution in [2.75, 3.05) is 13.6 Å². The van der Waals surface area contributed by atoms with Gasteiger partial charge in [0, 0.05) is 30.4 Å². The van der Waals surface area contributed by atoms with Gasteiger partial charge in [-0.2, -0.15) is 5.26 Å². The van der Waals surface area contributed by atoms with Gasteiger partial charge < -0.3 is 9.67 Å². The number of halogens is 1. The van der Waals surface area contributed by atoms with Gasteiger partial charge in [0.2, 0.25) is 10.0 Å². The molecule has 0 aliphatic heterocycles. The minimum absolute atomic E-state index is 0.000404. The first kappa shape index (κ1) is 22.6. The van der Waals surface area contributed by atoms with Crippen molar-refractivity contribution in [3.05, 3.63) is 77.1 Å². The van der Waals surface area contributed by atoms with E-state index in [4.69, 9.17) is 16.7 Å². The Kier molecular flexibility index (Phi) is 6.81. The van der Waals surface area contributed by atoms with E-state index in [9.17, 15) is 18.5 Å². The van der Waals surface area contributed by atoms with Gasteiger partial charge in [0.1, 0.15) is 18.3 Å². The highest BCUT2D eigenvalue weighted by atomic mass is 35.5. The van der Waals surface area contributed by atoms with Gasteiger partial charge in [0.25, 0.3) is 0 Å². The van der Waals surface area contributed by atoms with Gasteiger partial charge in [-0.1, -0.05) is 41.9 Å². The number of carbonyl (C=O) groups is 1. The van der Waals surface area contributed by atoms with Crippen molar-refractivity contribution < 1.29 is 18.3 Å². The van der Waals surface area contributed by atoms with Crippen LogP contribution in [0.15, 0.2) is 65.7 Å². The summed E-state index contributed by atoms with van der Waals surface area (Å²) in [5.41, 5.74) is 1.97. The summed E-state index contributed by atoms with van der Waals surface area (Å²) in [4.78, 5) is 11.0. The zero-order chi connectivity index (χ0) is 22.6. The van der Waals surface area contributed by atoms with Crippen LogP contribution in [0.25, 0.3) is 11.1 Å². The third kappa shape index (κ3) is 5.14. The smallest absolute Gasteiger partial charge is 0.323 e. The normalized spacial score (nSPS) is 11.4. The Bertz CT molecular complexity index is 1250. The standard InChI is InChI=1S/C22H20ClN3O4S/c1-25(9-7-16-5-3-2-4-6-16)31(29,30)19-12-17(11-18(23)13-19)20-8-10-26(15-22(27)28)21(20)14-24/h2-6,8,10-13H,7,9,15H2,1H3,(H,27,28). The van der Waals surface area contributed by atoms with Gasteiger partial charge in [-0.25, -0.2) is 12.7 Å². The van der Waals surface area contributed by atoms with E-state index in [-0.39, 0.29) is 28.7 Å². The topological polar surface area (TPSA) is 103 Å². The number of likely N-dealkylation sites (N-methyl/N-ethyl adjacent to an activating group) is 1. The molecule has 160 valence electrons. The predicted octanol–water partition coefficient (Wildman–Crippen LogP) is 3.63. The lowest BCUT2D eigenvalue weighted by atomic mass is 10.1. The van der Waals surface area contributed by atoms with Gasteiger partial charge >= 0.3 is 5.97 Å². The van der Waals surface area contributed by atoms with Crippen LogP contribution in [0.1, 0.15) is 11.3 Å². The molecule has 9 heteroatoms. The van der Waals surface area contributed by atoms with E-state index in [0.717, 1.165) is 5.56 Å². The number of nitriles is 1. The largest absolute Gasteiger partial charge is 0.480 e. The van der Waals surface area contributed by atoms with Crippen LogP contribution in [-0.4, -0.2) is 42.0 Å². The second-order valence-corrected chi connectivity index (χ2v) is 9.43. The lowest BCUT2D eigenvalue weighted by molar-refractivity contribution is -0.137. The minimum Gasteiger partial charge on any atom is -0.480 e. The average molecular weight is 458 g/mol. The van der Waals surface area contributed by atoms with Crippen LogP contribution >= 0.6 is 11.6 Å². The van der Waals surface area contributed by atoms with Gasteiger partial charge in [-0.05, 0) is 41.8 Å². The first-order valence-corrected chi connectivity index (χ1v) is 11.2. The summed E-state index contributed by atoms with van der Waals surface area (Å²) in [6, 6.07) is 17.5. The van der Waals surface area contributed by atoms with E-state index < -0.39 is 16.0 Å². The van der Waals surface area contributed by atoms with Crippen LogP contribution < -0.4 is 0 Å². The van der Waals surface area contributed by atoms with Crippen molar-refractivity contribution in [3.63, 3.8) is 0 Å². The monoisotopic (exact) mass is 457 g/mol. The maximum absolute atomic E-state index is 13.1. The number of carboxylic acids is 1. The Labute approximate surface area is 185 Å². The lowest BCUT2D eigenvalue weighted by Gasteiger charge is -2.18. The molecular formula is C22H20ClN3O4S. The number of aliphatic carboxylic acids is 1. The Morgan fingerprint density at radius 2 is 1.90 bits per heavy atom. The molecule has 0 unspecified atom stereocenters. The van der Waals surface area contributed by atoms with Gasteiger partial charge in [-0.15, -0.1) is 0 Å². The summed E-state index contributed by atoms with van der Waals surface area (Å²) in [6.45, 7) is -0.0938. The van der Waals surface area contributed by atoms with E-state index in [2.05, 4.69) is 0 Å². The maximum Gasteiger partial charge on any atom is 0.323 e. The first-order chi connectivity index (χ1) is 14.7. The average Bonchev–Trinajstić information content (AvgIpc) is 3.14. The van der Waals surface area contributed by atoms with Crippen molar-refractivity contribution in [2.45, 2.75) is 17.9 Å². The summed E-state index contributed by atoms with van der Waals surface area (Å²) < 4.78 is 28.8. The predicted molar refractivity (Wildman–Crippen MR) is 117 cm³/mol. The van der Waals surface area contributed by atoms with Gasteiger partial charge in [0.15, 0.2) is 0 Å². The summed E-state index contributed by atoms with van der Waals surface area (Å²) in [5.74, 6) is -1.09. The molecule has 0 spiro atoms. The third-order valence-electron chi connectivity index (χ3n) is 4.82. The number of benzene rings is 2. The van der Waals surface area contributed by atoms with E-state index in [0.29, 0.717) is 17.5 Å². The molecule has 1 N–H and O–H groups in total. The van der Waals surface area contributed by atoms with E-state index >= 15 is 0 Å². The fourth-order valence-electron chi connectivity index (χ4n) is 3.21. The molecular weight excluding hydrogens is 438 g/mol. The van der Waals surface area contributed by atoms with E-state index in [1.54, 1.807) is 12.1 Å². The van der Waals surface area contributed by atoms with Crippen LogP contribution in [0.2, 0.25) is 5.02 Å². The highest BCUT2D eigenvalue weighted by molar-refractivity contribution is 7.89. The van der Waals surface area contributed by atoms with Crippen LogP contribution in [0, 0.1) is 11.3 Å². The van der Waals surface area contributed by atoms with Crippen LogP contribution in [0.5, 0.6) is 0 Å². The van der Waals surface area contributed by atoms with E-state index in [1.807, 2.05) is 36.4 Å². The number of hydrogen-bond acceptors (Lipinski definition) is 4.